The van der Waals surface area contributed by atoms with Crippen molar-refractivity contribution in [2.75, 3.05) is 0 Å². The van der Waals surface area contributed by atoms with E-state index in [1.54, 1.807) is 0 Å². The van der Waals surface area contributed by atoms with E-state index in [-0.39, 0.29) is 5.54 Å². The van der Waals surface area contributed by atoms with E-state index in [4.69, 9.17) is 5.73 Å². The smallest absolute Gasteiger partial charge is 0.120 e. The maximum Gasteiger partial charge on any atom is 0.120 e. The van der Waals surface area contributed by atoms with Gasteiger partial charge in [0.05, 0.1) is 0 Å². The Morgan fingerprint density at radius 3 is 2.91 bits per heavy atom. The summed E-state index contributed by atoms with van der Waals surface area (Å²) in [6.45, 7) is 0. The van der Waals surface area contributed by atoms with Crippen molar-refractivity contribution in [1.82, 2.24) is 0 Å². The zero-order valence-electron chi connectivity index (χ0n) is 6.75. The van der Waals surface area contributed by atoms with Gasteiger partial charge in [0, 0.05) is 12.0 Å². The van der Waals surface area contributed by atoms with Crippen molar-refractivity contribution in [3.63, 3.8) is 0 Å². The standard InChI is InChI=1S/C9H15NO/c10-9(3-1-5-11)4-2-7-6-8(7)9/h5,7-8H,1-4,6,10H2/t7-,8+,9?/m0/s1. The SMILES string of the molecule is NC1(CCC=O)CC[C@H]2C[C@H]21. The van der Waals surface area contributed by atoms with E-state index < -0.39 is 0 Å². The van der Waals surface area contributed by atoms with Crippen molar-refractivity contribution in [3.05, 3.63) is 0 Å². The fourth-order valence-corrected chi connectivity index (χ4v) is 2.55. The van der Waals surface area contributed by atoms with E-state index >= 15 is 0 Å². The summed E-state index contributed by atoms with van der Waals surface area (Å²) >= 11 is 0. The number of hydrogen-bond donors (Lipinski definition) is 1. The lowest BCUT2D eigenvalue weighted by Gasteiger charge is -2.24. The molecule has 0 aromatic rings. The Kier molecular flexibility index (Phi) is 1.53. The van der Waals surface area contributed by atoms with Crippen LogP contribution in [0, 0.1) is 11.8 Å². The second-order valence-electron chi connectivity index (χ2n) is 4.08. The predicted molar refractivity (Wildman–Crippen MR) is 43.0 cm³/mol. The lowest BCUT2D eigenvalue weighted by atomic mass is 9.89. The molecule has 2 saturated carbocycles. The zero-order chi connectivity index (χ0) is 7.90. The molecule has 3 atom stereocenters. The fraction of sp³-hybridized carbons (Fsp3) is 0.889. The van der Waals surface area contributed by atoms with Gasteiger partial charge in [0.25, 0.3) is 0 Å². The van der Waals surface area contributed by atoms with Gasteiger partial charge in [-0.3, -0.25) is 0 Å². The zero-order valence-corrected chi connectivity index (χ0v) is 6.75. The molecule has 2 heteroatoms. The predicted octanol–water partition coefficient (Wildman–Crippen LogP) is 1.09. The van der Waals surface area contributed by atoms with Crippen LogP contribution in [0.5, 0.6) is 0 Å². The molecular weight excluding hydrogens is 138 g/mol. The number of nitrogens with two attached hydrogens (primary N) is 1. The topological polar surface area (TPSA) is 43.1 Å². The lowest BCUT2D eigenvalue weighted by molar-refractivity contribution is -0.108. The van der Waals surface area contributed by atoms with E-state index in [1.165, 1.54) is 12.8 Å². The van der Waals surface area contributed by atoms with Crippen LogP contribution in [0.25, 0.3) is 0 Å². The van der Waals surface area contributed by atoms with Gasteiger partial charge in [0.2, 0.25) is 0 Å². The van der Waals surface area contributed by atoms with Gasteiger partial charge in [0.1, 0.15) is 6.29 Å². The third-order valence-corrected chi connectivity index (χ3v) is 3.37. The maximum absolute atomic E-state index is 10.2. The molecule has 2 nitrogen and oxygen atoms in total. The Balaban J connectivity index is 1.93. The van der Waals surface area contributed by atoms with Gasteiger partial charge in [-0.25, -0.2) is 0 Å². The van der Waals surface area contributed by atoms with Crippen LogP contribution >= 0.6 is 0 Å². The van der Waals surface area contributed by atoms with Gasteiger partial charge in [-0.15, -0.1) is 0 Å². The molecule has 62 valence electrons. The molecule has 0 amide bonds. The molecule has 0 aromatic heterocycles. The van der Waals surface area contributed by atoms with Gasteiger partial charge < -0.3 is 10.5 Å². The van der Waals surface area contributed by atoms with Crippen LogP contribution in [0.1, 0.15) is 32.1 Å². The first kappa shape index (κ1) is 7.29. The first-order valence-electron chi connectivity index (χ1n) is 4.49. The number of rotatable bonds is 3. The Hall–Kier alpha value is -0.370. The normalized spacial score (nSPS) is 47.0. The average molecular weight is 153 g/mol. The van der Waals surface area contributed by atoms with Crippen LogP contribution in [0.3, 0.4) is 0 Å². The molecule has 0 bridgehead atoms. The number of fused-ring (bicyclic) bond motifs is 1. The fourth-order valence-electron chi connectivity index (χ4n) is 2.55. The molecule has 2 N–H and O–H groups in total. The molecule has 2 fully saturated rings. The highest BCUT2D eigenvalue weighted by Crippen LogP contribution is 2.57. The Bertz CT molecular complexity index is 180. The van der Waals surface area contributed by atoms with Crippen LogP contribution in [0.15, 0.2) is 0 Å². The lowest BCUT2D eigenvalue weighted by Crippen LogP contribution is -2.39. The van der Waals surface area contributed by atoms with Crippen molar-refractivity contribution in [3.8, 4) is 0 Å². The molecule has 0 spiro atoms. The molecule has 2 aliphatic rings. The van der Waals surface area contributed by atoms with Crippen molar-refractivity contribution < 1.29 is 4.79 Å². The molecule has 11 heavy (non-hydrogen) atoms. The Labute approximate surface area is 67.1 Å². The van der Waals surface area contributed by atoms with Gasteiger partial charge >= 0.3 is 0 Å². The summed E-state index contributed by atoms with van der Waals surface area (Å²) in [6, 6.07) is 0. The summed E-state index contributed by atoms with van der Waals surface area (Å²) in [7, 11) is 0. The maximum atomic E-state index is 10.2. The number of hydrogen-bond acceptors (Lipinski definition) is 2. The minimum Gasteiger partial charge on any atom is -0.325 e. The molecule has 2 rings (SSSR count). The van der Waals surface area contributed by atoms with Gasteiger partial charge in [-0.1, -0.05) is 0 Å². The second-order valence-corrected chi connectivity index (χ2v) is 4.08. The minimum absolute atomic E-state index is 0.0472. The van der Waals surface area contributed by atoms with Gasteiger partial charge in [0.15, 0.2) is 0 Å². The summed E-state index contributed by atoms with van der Waals surface area (Å²) in [5.41, 5.74) is 6.22. The molecular formula is C9H15NO. The van der Waals surface area contributed by atoms with E-state index in [9.17, 15) is 4.79 Å². The van der Waals surface area contributed by atoms with E-state index in [1.807, 2.05) is 0 Å². The van der Waals surface area contributed by atoms with Gasteiger partial charge in [-0.05, 0) is 37.5 Å². The van der Waals surface area contributed by atoms with E-state index in [0.29, 0.717) is 6.42 Å². The second kappa shape index (κ2) is 2.31. The number of aldehydes is 1. The highest BCUT2D eigenvalue weighted by Gasteiger charge is 2.55. The first-order valence-corrected chi connectivity index (χ1v) is 4.49. The van der Waals surface area contributed by atoms with Gasteiger partial charge in [-0.2, -0.15) is 0 Å². The van der Waals surface area contributed by atoms with E-state index in [0.717, 1.165) is 31.0 Å². The Morgan fingerprint density at radius 2 is 2.45 bits per heavy atom. The number of carbonyl (C=O) groups excluding carboxylic acids is 1. The highest BCUT2D eigenvalue weighted by atomic mass is 16.1. The summed E-state index contributed by atoms with van der Waals surface area (Å²) in [5, 5.41) is 0. The minimum atomic E-state index is 0.0472. The monoisotopic (exact) mass is 153 g/mol. The molecule has 0 heterocycles. The van der Waals surface area contributed by atoms with Crippen LogP contribution in [-0.4, -0.2) is 11.8 Å². The molecule has 0 aromatic carbocycles. The summed E-state index contributed by atoms with van der Waals surface area (Å²) in [5.74, 6) is 1.69. The molecule has 0 aliphatic heterocycles. The third kappa shape index (κ3) is 1.09. The van der Waals surface area contributed by atoms with Crippen LogP contribution in [-0.2, 0) is 4.79 Å². The number of carbonyl (C=O) groups is 1. The van der Waals surface area contributed by atoms with Crippen LogP contribution < -0.4 is 5.73 Å². The molecule has 2 aliphatic carbocycles. The summed E-state index contributed by atoms with van der Waals surface area (Å²) in [4.78, 5) is 10.2. The van der Waals surface area contributed by atoms with Crippen molar-refractivity contribution in [2.24, 2.45) is 17.6 Å². The van der Waals surface area contributed by atoms with Crippen molar-refractivity contribution >= 4 is 6.29 Å². The average Bonchev–Trinajstić information content (AvgIpc) is 2.72. The molecule has 0 radical (unpaired) electrons. The van der Waals surface area contributed by atoms with Crippen LogP contribution in [0.2, 0.25) is 0 Å². The summed E-state index contributed by atoms with van der Waals surface area (Å²) in [6.07, 6.45) is 6.34. The van der Waals surface area contributed by atoms with Crippen LogP contribution in [0.4, 0.5) is 0 Å². The summed E-state index contributed by atoms with van der Waals surface area (Å²) < 4.78 is 0. The molecule has 1 unspecified atom stereocenters. The molecule has 0 saturated heterocycles. The Morgan fingerprint density at radius 1 is 1.64 bits per heavy atom. The first-order chi connectivity index (χ1) is 5.26. The highest BCUT2D eigenvalue weighted by molar-refractivity contribution is 5.49. The van der Waals surface area contributed by atoms with E-state index in [2.05, 4.69) is 0 Å². The van der Waals surface area contributed by atoms with Crippen molar-refractivity contribution in [2.45, 2.75) is 37.6 Å². The largest absolute Gasteiger partial charge is 0.325 e. The quantitative estimate of drug-likeness (QED) is 0.617. The van der Waals surface area contributed by atoms with Crippen molar-refractivity contribution in [1.29, 1.82) is 0 Å². The third-order valence-electron chi connectivity index (χ3n) is 3.37.